The third-order valence-corrected chi connectivity index (χ3v) is 7.05. The lowest BCUT2D eigenvalue weighted by atomic mass is 9.92. The summed E-state index contributed by atoms with van der Waals surface area (Å²) in [6.45, 7) is 10.6. The molecule has 1 amide bonds. The SMILES string of the molecule is Cc1cc(-c2ccccc2C)ccc1C(=O)NC1CCCC1c1ncc(C)c(C)c1C. The number of carbonyl (C=O) groups excluding carboxylic acids is 1. The van der Waals surface area contributed by atoms with Crippen LogP contribution in [0.25, 0.3) is 11.1 Å². The zero-order valence-electron chi connectivity index (χ0n) is 19.3. The van der Waals surface area contributed by atoms with Gasteiger partial charge in [-0.3, -0.25) is 9.78 Å². The van der Waals surface area contributed by atoms with E-state index in [2.05, 4.69) is 69.4 Å². The molecular formula is C28H32N2O. The third kappa shape index (κ3) is 4.14. The first-order chi connectivity index (χ1) is 14.9. The molecule has 2 unspecified atom stereocenters. The highest BCUT2D eigenvalue weighted by Crippen LogP contribution is 2.36. The lowest BCUT2D eigenvalue weighted by molar-refractivity contribution is 0.0933. The van der Waals surface area contributed by atoms with Crippen molar-refractivity contribution in [3.63, 3.8) is 0 Å². The number of nitrogens with one attached hydrogen (secondary N) is 1. The number of benzene rings is 2. The summed E-state index contributed by atoms with van der Waals surface area (Å²) >= 11 is 0. The fraction of sp³-hybridized carbons (Fsp3) is 0.357. The topological polar surface area (TPSA) is 42.0 Å². The molecule has 1 aliphatic rings. The number of rotatable bonds is 4. The van der Waals surface area contributed by atoms with Gasteiger partial charge in [-0.1, -0.05) is 42.8 Å². The van der Waals surface area contributed by atoms with Crippen LogP contribution in [0.5, 0.6) is 0 Å². The highest BCUT2D eigenvalue weighted by atomic mass is 16.1. The maximum atomic E-state index is 13.2. The molecule has 31 heavy (non-hydrogen) atoms. The minimum atomic E-state index is 0.0206. The van der Waals surface area contributed by atoms with E-state index in [1.807, 2.05) is 19.2 Å². The van der Waals surface area contributed by atoms with Crippen molar-refractivity contribution in [2.75, 3.05) is 0 Å². The van der Waals surface area contributed by atoms with Gasteiger partial charge in [-0.15, -0.1) is 0 Å². The van der Waals surface area contributed by atoms with Crippen LogP contribution in [0.1, 0.15) is 69.0 Å². The molecule has 0 radical (unpaired) electrons. The minimum Gasteiger partial charge on any atom is -0.349 e. The lowest BCUT2D eigenvalue weighted by Gasteiger charge is -2.23. The Morgan fingerprint density at radius 2 is 1.68 bits per heavy atom. The number of carbonyl (C=O) groups is 1. The predicted octanol–water partition coefficient (Wildman–Crippen LogP) is 6.36. The summed E-state index contributed by atoms with van der Waals surface area (Å²) in [4.78, 5) is 18.0. The quantitative estimate of drug-likeness (QED) is 0.542. The van der Waals surface area contributed by atoms with Crippen LogP contribution in [-0.2, 0) is 0 Å². The molecule has 0 spiro atoms. The number of amides is 1. The summed E-state index contributed by atoms with van der Waals surface area (Å²) in [5, 5.41) is 3.34. The van der Waals surface area contributed by atoms with E-state index in [0.717, 1.165) is 41.6 Å². The molecule has 3 aromatic rings. The summed E-state index contributed by atoms with van der Waals surface area (Å²) in [5.41, 5.74) is 10.3. The van der Waals surface area contributed by atoms with Crippen molar-refractivity contribution in [1.29, 1.82) is 0 Å². The first-order valence-corrected chi connectivity index (χ1v) is 11.3. The molecule has 0 bridgehead atoms. The molecule has 0 saturated heterocycles. The summed E-state index contributed by atoms with van der Waals surface area (Å²) in [6.07, 6.45) is 5.18. The van der Waals surface area contributed by atoms with Crippen molar-refractivity contribution in [3.05, 3.63) is 87.7 Å². The Morgan fingerprint density at radius 3 is 2.42 bits per heavy atom. The lowest BCUT2D eigenvalue weighted by Crippen LogP contribution is -2.37. The van der Waals surface area contributed by atoms with Gasteiger partial charge >= 0.3 is 0 Å². The van der Waals surface area contributed by atoms with Crippen LogP contribution < -0.4 is 5.32 Å². The molecule has 2 atom stereocenters. The van der Waals surface area contributed by atoms with E-state index < -0.39 is 0 Å². The molecule has 3 heteroatoms. The molecule has 1 heterocycles. The van der Waals surface area contributed by atoms with E-state index in [-0.39, 0.29) is 17.9 Å². The van der Waals surface area contributed by atoms with E-state index in [1.165, 1.54) is 27.8 Å². The van der Waals surface area contributed by atoms with Gasteiger partial charge in [0, 0.05) is 29.4 Å². The number of aromatic nitrogens is 1. The van der Waals surface area contributed by atoms with Crippen LogP contribution in [0.15, 0.2) is 48.7 Å². The van der Waals surface area contributed by atoms with Crippen LogP contribution in [0.3, 0.4) is 0 Å². The Morgan fingerprint density at radius 1 is 0.903 bits per heavy atom. The molecule has 1 aromatic heterocycles. The summed E-state index contributed by atoms with van der Waals surface area (Å²) in [6, 6.07) is 14.6. The van der Waals surface area contributed by atoms with Crippen molar-refractivity contribution < 1.29 is 4.79 Å². The predicted molar refractivity (Wildman–Crippen MR) is 128 cm³/mol. The Kier molecular flexibility index (Phi) is 5.95. The summed E-state index contributed by atoms with van der Waals surface area (Å²) in [5.74, 6) is 0.307. The monoisotopic (exact) mass is 412 g/mol. The Labute approximate surface area is 185 Å². The molecule has 1 N–H and O–H groups in total. The zero-order chi connectivity index (χ0) is 22.1. The first-order valence-electron chi connectivity index (χ1n) is 11.3. The van der Waals surface area contributed by atoms with Gasteiger partial charge in [0.25, 0.3) is 5.91 Å². The molecule has 0 aliphatic heterocycles. The van der Waals surface area contributed by atoms with Gasteiger partial charge in [-0.25, -0.2) is 0 Å². The van der Waals surface area contributed by atoms with Crippen LogP contribution in [-0.4, -0.2) is 16.9 Å². The molecular weight excluding hydrogens is 380 g/mol. The standard InChI is InChI=1S/C28H32N2O/c1-17-9-6-7-10-23(17)22-13-14-24(18(2)15-22)28(31)30-26-12-8-11-25(26)27-21(5)20(4)19(3)16-29-27/h6-7,9-10,13-16,25-26H,8,11-12H2,1-5H3,(H,30,31). The summed E-state index contributed by atoms with van der Waals surface area (Å²) < 4.78 is 0. The van der Waals surface area contributed by atoms with Crippen LogP contribution in [0.2, 0.25) is 0 Å². The van der Waals surface area contributed by atoms with Gasteiger partial charge in [0.05, 0.1) is 0 Å². The van der Waals surface area contributed by atoms with E-state index in [0.29, 0.717) is 0 Å². The highest BCUT2D eigenvalue weighted by molar-refractivity contribution is 5.96. The number of aryl methyl sites for hydroxylation is 3. The third-order valence-electron chi connectivity index (χ3n) is 7.05. The van der Waals surface area contributed by atoms with Crippen molar-refractivity contribution in [2.45, 2.75) is 65.8 Å². The second kappa shape index (κ2) is 8.66. The molecule has 1 fully saturated rings. The van der Waals surface area contributed by atoms with E-state index in [9.17, 15) is 4.79 Å². The normalized spacial score (nSPS) is 18.2. The highest BCUT2D eigenvalue weighted by Gasteiger charge is 2.32. The van der Waals surface area contributed by atoms with Crippen molar-refractivity contribution in [1.82, 2.24) is 10.3 Å². The second-order valence-electron chi connectivity index (χ2n) is 9.04. The van der Waals surface area contributed by atoms with Gasteiger partial charge in [0.1, 0.15) is 0 Å². The Hall–Kier alpha value is -2.94. The molecule has 160 valence electrons. The van der Waals surface area contributed by atoms with Crippen molar-refractivity contribution in [2.24, 2.45) is 0 Å². The van der Waals surface area contributed by atoms with Gasteiger partial charge in [-0.2, -0.15) is 0 Å². The molecule has 1 saturated carbocycles. The fourth-order valence-corrected chi connectivity index (χ4v) is 4.91. The van der Waals surface area contributed by atoms with E-state index >= 15 is 0 Å². The van der Waals surface area contributed by atoms with Crippen molar-refractivity contribution >= 4 is 5.91 Å². The number of nitrogens with zero attached hydrogens (tertiary/aromatic N) is 1. The Bertz CT molecular complexity index is 1130. The van der Waals surface area contributed by atoms with E-state index in [1.54, 1.807) is 0 Å². The van der Waals surface area contributed by atoms with Gasteiger partial charge in [0.15, 0.2) is 0 Å². The molecule has 2 aromatic carbocycles. The number of hydrogen-bond donors (Lipinski definition) is 1. The molecule has 4 rings (SSSR count). The van der Waals surface area contributed by atoms with E-state index in [4.69, 9.17) is 4.98 Å². The maximum absolute atomic E-state index is 13.2. The van der Waals surface area contributed by atoms with Crippen molar-refractivity contribution in [3.8, 4) is 11.1 Å². The number of pyridine rings is 1. The minimum absolute atomic E-state index is 0.0206. The van der Waals surface area contributed by atoms with Gasteiger partial charge in [-0.05, 0) is 92.5 Å². The molecule has 3 nitrogen and oxygen atoms in total. The molecule has 1 aliphatic carbocycles. The van der Waals surface area contributed by atoms with Crippen LogP contribution >= 0.6 is 0 Å². The maximum Gasteiger partial charge on any atom is 0.251 e. The largest absolute Gasteiger partial charge is 0.349 e. The van der Waals surface area contributed by atoms with Gasteiger partial charge in [0.2, 0.25) is 0 Å². The average molecular weight is 413 g/mol. The van der Waals surface area contributed by atoms with Gasteiger partial charge < -0.3 is 5.32 Å². The van der Waals surface area contributed by atoms with Crippen LogP contribution in [0, 0.1) is 34.6 Å². The first kappa shape index (κ1) is 21.3. The second-order valence-corrected chi connectivity index (χ2v) is 9.04. The fourth-order valence-electron chi connectivity index (χ4n) is 4.91. The number of hydrogen-bond acceptors (Lipinski definition) is 2. The average Bonchev–Trinajstić information content (AvgIpc) is 3.20. The zero-order valence-corrected chi connectivity index (χ0v) is 19.3. The van der Waals surface area contributed by atoms with Crippen LogP contribution in [0.4, 0.5) is 0 Å². The smallest absolute Gasteiger partial charge is 0.251 e. The summed E-state index contributed by atoms with van der Waals surface area (Å²) in [7, 11) is 0. The Balaban J connectivity index is 1.55.